The predicted molar refractivity (Wildman–Crippen MR) is 69.5 cm³/mol. The van der Waals surface area contributed by atoms with Gasteiger partial charge in [-0.25, -0.2) is 4.98 Å². The van der Waals surface area contributed by atoms with E-state index >= 15 is 0 Å². The molecular formula is C12H20N4O. The van der Waals surface area contributed by atoms with Gasteiger partial charge in [-0.05, 0) is 17.5 Å². The predicted octanol–water partition coefficient (Wildman–Crippen LogP) is 1.66. The Labute approximate surface area is 102 Å². The van der Waals surface area contributed by atoms with Crippen LogP contribution in [0.25, 0.3) is 0 Å². The van der Waals surface area contributed by atoms with Gasteiger partial charge in [-0.3, -0.25) is 0 Å². The molecular weight excluding hydrogens is 216 g/mol. The van der Waals surface area contributed by atoms with Gasteiger partial charge in [0, 0.05) is 25.4 Å². The average Bonchev–Trinajstić information content (AvgIpc) is 2.26. The molecule has 0 amide bonds. The van der Waals surface area contributed by atoms with Crippen molar-refractivity contribution in [3.8, 4) is 0 Å². The van der Waals surface area contributed by atoms with Crippen molar-refractivity contribution in [3.05, 3.63) is 23.9 Å². The Hall–Kier alpha value is -1.78. The van der Waals surface area contributed by atoms with Gasteiger partial charge >= 0.3 is 0 Å². The highest BCUT2D eigenvalue weighted by Gasteiger charge is 2.15. The Bertz CT molecular complexity index is 409. The SMILES string of the molecule is CN(CC(C)(C)C)c1cc(/C(N)=N/O)ccn1. The van der Waals surface area contributed by atoms with E-state index in [1.54, 1.807) is 18.3 Å². The Morgan fingerprint density at radius 3 is 2.71 bits per heavy atom. The van der Waals surface area contributed by atoms with Crippen LogP contribution in [0.2, 0.25) is 0 Å². The van der Waals surface area contributed by atoms with Gasteiger partial charge in [-0.15, -0.1) is 0 Å². The van der Waals surface area contributed by atoms with Crippen molar-refractivity contribution < 1.29 is 5.21 Å². The first-order chi connectivity index (χ1) is 7.83. The maximum atomic E-state index is 8.63. The molecule has 0 atom stereocenters. The highest BCUT2D eigenvalue weighted by atomic mass is 16.4. The zero-order chi connectivity index (χ0) is 13.1. The molecule has 1 heterocycles. The van der Waals surface area contributed by atoms with Crippen LogP contribution in [0.4, 0.5) is 5.82 Å². The lowest BCUT2D eigenvalue weighted by molar-refractivity contribution is 0.318. The summed E-state index contributed by atoms with van der Waals surface area (Å²) in [5.74, 6) is 0.904. The molecule has 1 aromatic heterocycles. The lowest BCUT2D eigenvalue weighted by Crippen LogP contribution is -2.30. The molecule has 0 aliphatic heterocycles. The number of oxime groups is 1. The second kappa shape index (κ2) is 5.03. The van der Waals surface area contributed by atoms with Crippen LogP contribution < -0.4 is 10.6 Å². The molecule has 0 fully saturated rings. The number of nitrogens with two attached hydrogens (primary N) is 1. The van der Waals surface area contributed by atoms with Crippen LogP contribution in [0.1, 0.15) is 26.3 Å². The van der Waals surface area contributed by atoms with Gasteiger partial charge in [-0.2, -0.15) is 0 Å². The first kappa shape index (κ1) is 13.3. The summed E-state index contributed by atoms with van der Waals surface area (Å²) >= 11 is 0. The van der Waals surface area contributed by atoms with Gasteiger partial charge in [0.25, 0.3) is 0 Å². The number of amidine groups is 1. The summed E-state index contributed by atoms with van der Waals surface area (Å²) in [6.45, 7) is 7.37. The third kappa shape index (κ3) is 3.94. The van der Waals surface area contributed by atoms with Crippen LogP contribution in [0.5, 0.6) is 0 Å². The molecule has 0 bridgehead atoms. The quantitative estimate of drug-likeness (QED) is 0.362. The first-order valence-corrected chi connectivity index (χ1v) is 5.48. The topological polar surface area (TPSA) is 74.7 Å². The maximum absolute atomic E-state index is 8.63. The average molecular weight is 236 g/mol. The van der Waals surface area contributed by atoms with E-state index in [0.29, 0.717) is 5.56 Å². The molecule has 17 heavy (non-hydrogen) atoms. The van der Waals surface area contributed by atoms with Crippen LogP contribution in [0.15, 0.2) is 23.5 Å². The second-order valence-corrected chi connectivity index (χ2v) is 5.30. The summed E-state index contributed by atoms with van der Waals surface area (Å²) in [5.41, 5.74) is 6.39. The lowest BCUT2D eigenvalue weighted by Gasteiger charge is -2.27. The van der Waals surface area contributed by atoms with Crippen molar-refractivity contribution in [2.75, 3.05) is 18.5 Å². The van der Waals surface area contributed by atoms with E-state index in [1.165, 1.54) is 0 Å². The van der Waals surface area contributed by atoms with Gasteiger partial charge in [0.05, 0.1) is 0 Å². The molecule has 1 rings (SSSR count). The van der Waals surface area contributed by atoms with E-state index in [0.717, 1.165) is 12.4 Å². The van der Waals surface area contributed by atoms with Crippen LogP contribution in [0.3, 0.4) is 0 Å². The molecule has 5 heteroatoms. The van der Waals surface area contributed by atoms with E-state index in [9.17, 15) is 0 Å². The zero-order valence-corrected chi connectivity index (χ0v) is 10.8. The second-order valence-electron chi connectivity index (χ2n) is 5.30. The molecule has 0 aromatic carbocycles. The monoisotopic (exact) mass is 236 g/mol. The smallest absolute Gasteiger partial charge is 0.170 e. The maximum Gasteiger partial charge on any atom is 0.170 e. The van der Waals surface area contributed by atoms with Gasteiger partial charge in [0.2, 0.25) is 0 Å². The van der Waals surface area contributed by atoms with Crippen molar-refractivity contribution in [1.29, 1.82) is 0 Å². The van der Waals surface area contributed by atoms with Crippen molar-refractivity contribution >= 4 is 11.7 Å². The molecule has 0 saturated carbocycles. The van der Waals surface area contributed by atoms with E-state index in [2.05, 4.69) is 30.9 Å². The van der Waals surface area contributed by atoms with Gasteiger partial charge in [-0.1, -0.05) is 25.9 Å². The van der Waals surface area contributed by atoms with Crippen molar-refractivity contribution in [1.82, 2.24) is 4.98 Å². The Balaban J connectivity index is 2.92. The molecule has 0 radical (unpaired) electrons. The number of pyridine rings is 1. The molecule has 0 spiro atoms. The summed E-state index contributed by atoms with van der Waals surface area (Å²) in [6, 6.07) is 3.52. The minimum atomic E-state index is 0.0952. The number of rotatable bonds is 3. The molecule has 0 unspecified atom stereocenters. The fourth-order valence-electron chi connectivity index (χ4n) is 1.64. The Kier molecular flexibility index (Phi) is 3.93. The molecule has 0 aliphatic carbocycles. The minimum absolute atomic E-state index is 0.0952. The number of nitrogens with zero attached hydrogens (tertiary/aromatic N) is 3. The van der Waals surface area contributed by atoms with Crippen LogP contribution in [-0.4, -0.2) is 29.6 Å². The van der Waals surface area contributed by atoms with Crippen LogP contribution >= 0.6 is 0 Å². The van der Waals surface area contributed by atoms with Gasteiger partial charge in [0.1, 0.15) is 5.82 Å². The molecule has 1 aromatic rings. The minimum Gasteiger partial charge on any atom is -0.409 e. The summed E-state index contributed by atoms with van der Waals surface area (Å²) < 4.78 is 0. The van der Waals surface area contributed by atoms with E-state index in [-0.39, 0.29) is 11.3 Å². The largest absolute Gasteiger partial charge is 0.409 e. The highest BCUT2D eigenvalue weighted by molar-refractivity contribution is 5.97. The molecule has 5 nitrogen and oxygen atoms in total. The van der Waals surface area contributed by atoms with Crippen molar-refractivity contribution in [2.24, 2.45) is 16.3 Å². The summed E-state index contributed by atoms with van der Waals surface area (Å²) in [6.07, 6.45) is 1.65. The standard InChI is InChI=1S/C12H20N4O/c1-12(2,3)8-16(4)10-7-9(5-6-14-10)11(13)15-17/h5-7,17H,8H2,1-4H3,(H2,13,15). The number of hydrogen-bond acceptors (Lipinski definition) is 4. The molecule has 3 N–H and O–H groups in total. The van der Waals surface area contributed by atoms with Gasteiger partial charge in [0.15, 0.2) is 5.84 Å². The molecule has 94 valence electrons. The fourth-order valence-corrected chi connectivity index (χ4v) is 1.64. The van der Waals surface area contributed by atoms with E-state index in [4.69, 9.17) is 10.9 Å². The Morgan fingerprint density at radius 1 is 1.53 bits per heavy atom. The number of aromatic nitrogens is 1. The third-order valence-electron chi connectivity index (χ3n) is 2.25. The fraction of sp³-hybridized carbons (Fsp3) is 0.500. The zero-order valence-electron chi connectivity index (χ0n) is 10.8. The normalized spacial score (nSPS) is 12.6. The summed E-state index contributed by atoms with van der Waals surface area (Å²) in [7, 11) is 1.98. The van der Waals surface area contributed by atoms with Crippen molar-refractivity contribution in [3.63, 3.8) is 0 Å². The first-order valence-electron chi connectivity index (χ1n) is 5.48. The number of anilines is 1. The third-order valence-corrected chi connectivity index (χ3v) is 2.25. The number of hydrogen-bond donors (Lipinski definition) is 2. The van der Waals surface area contributed by atoms with Crippen LogP contribution in [-0.2, 0) is 0 Å². The van der Waals surface area contributed by atoms with E-state index in [1.807, 2.05) is 11.9 Å². The van der Waals surface area contributed by atoms with Crippen molar-refractivity contribution in [2.45, 2.75) is 20.8 Å². The lowest BCUT2D eigenvalue weighted by atomic mass is 9.96. The summed E-state index contributed by atoms with van der Waals surface area (Å²) in [5, 5.41) is 11.6. The van der Waals surface area contributed by atoms with Crippen LogP contribution in [0, 0.1) is 5.41 Å². The van der Waals surface area contributed by atoms with Gasteiger partial charge < -0.3 is 15.8 Å². The Morgan fingerprint density at radius 2 is 2.18 bits per heavy atom. The molecule has 0 aliphatic rings. The summed E-state index contributed by atoms with van der Waals surface area (Å²) in [4.78, 5) is 6.32. The highest BCUT2D eigenvalue weighted by Crippen LogP contribution is 2.19. The van der Waals surface area contributed by atoms with E-state index < -0.39 is 0 Å². The molecule has 0 saturated heterocycles.